The van der Waals surface area contributed by atoms with Crippen LogP contribution in [0.5, 0.6) is 5.75 Å². The minimum Gasteiger partial charge on any atom is -0.497 e. The van der Waals surface area contributed by atoms with E-state index in [4.69, 9.17) is 4.74 Å². The Hall–Kier alpha value is -3.15. The van der Waals surface area contributed by atoms with Crippen molar-refractivity contribution in [3.05, 3.63) is 72.3 Å². The first kappa shape index (κ1) is 19.2. The lowest BCUT2D eigenvalue weighted by atomic mass is 9.95. The van der Waals surface area contributed by atoms with Gasteiger partial charge in [0, 0.05) is 23.8 Å². The molecule has 1 fully saturated rings. The molecule has 29 heavy (non-hydrogen) atoms. The van der Waals surface area contributed by atoms with E-state index in [0.29, 0.717) is 0 Å². The van der Waals surface area contributed by atoms with Crippen molar-refractivity contribution in [2.75, 3.05) is 13.7 Å². The van der Waals surface area contributed by atoms with Gasteiger partial charge < -0.3 is 9.64 Å². The molecule has 0 N–H and O–H groups in total. The number of hydrogen-bond donors (Lipinski definition) is 0. The van der Waals surface area contributed by atoms with Crippen molar-refractivity contribution >= 4 is 5.91 Å². The molecule has 2 heterocycles. The first-order chi connectivity index (χ1) is 14.2. The van der Waals surface area contributed by atoms with Gasteiger partial charge in [0.2, 0.25) is 0 Å². The number of carbonyl (C=O) groups is 1. The molecule has 1 aliphatic rings. The van der Waals surface area contributed by atoms with Gasteiger partial charge in [0.05, 0.1) is 7.11 Å². The molecule has 0 radical (unpaired) electrons. The maximum atomic E-state index is 13.2. The third kappa shape index (κ3) is 4.47. The Labute approximate surface area is 171 Å². The van der Waals surface area contributed by atoms with Gasteiger partial charge >= 0.3 is 0 Å². The average Bonchev–Trinajstić information content (AvgIpc) is 3.33. The van der Waals surface area contributed by atoms with Crippen LogP contribution >= 0.6 is 0 Å². The highest BCUT2D eigenvalue weighted by molar-refractivity contribution is 5.94. The molecule has 3 aromatic rings. The van der Waals surface area contributed by atoms with E-state index in [1.54, 1.807) is 19.8 Å². The van der Waals surface area contributed by atoms with E-state index in [1.165, 1.54) is 12.0 Å². The summed E-state index contributed by atoms with van der Waals surface area (Å²) in [4.78, 5) is 15.3. The molecule has 2 aromatic carbocycles. The number of ether oxygens (including phenoxy) is 1. The number of hydrogen-bond acceptors (Lipinski definition) is 4. The molecular formula is C23H26N4O2. The standard InChI is InChI=1S/C23H26N4O2/c1-29-22-7-4-5-18(15-22)8-11-21-6-2-3-14-27(21)23(28)19-9-12-20(13-10-19)26-16-24-25-17-26/h4-5,7,9-10,12-13,15-17,21H,2-3,6,8,11,14H2,1H3. The van der Waals surface area contributed by atoms with E-state index in [2.05, 4.69) is 27.2 Å². The van der Waals surface area contributed by atoms with Gasteiger partial charge in [-0.2, -0.15) is 0 Å². The monoisotopic (exact) mass is 390 g/mol. The Balaban J connectivity index is 1.44. The molecule has 1 aromatic heterocycles. The van der Waals surface area contributed by atoms with Gasteiger partial charge in [-0.1, -0.05) is 12.1 Å². The first-order valence-corrected chi connectivity index (χ1v) is 10.1. The fourth-order valence-electron chi connectivity index (χ4n) is 4.01. The zero-order chi connectivity index (χ0) is 20.1. The lowest BCUT2D eigenvalue weighted by Crippen LogP contribution is -2.44. The van der Waals surface area contributed by atoms with Crippen molar-refractivity contribution in [3.8, 4) is 11.4 Å². The maximum Gasteiger partial charge on any atom is 0.254 e. The Bertz CT molecular complexity index is 938. The highest BCUT2D eigenvalue weighted by atomic mass is 16.5. The fourth-order valence-corrected chi connectivity index (χ4v) is 4.01. The predicted octanol–water partition coefficient (Wildman–Crippen LogP) is 3.90. The van der Waals surface area contributed by atoms with Crippen LogP contribution < -0.4 is 4.74 Å². The molecular weight excluding hydrogens is 364 g/mol. The molecule has 1 atom stereocenters. The minimum atomic E-state index is 0.121. The predicted molar refractivity (Wildman–Crippen MR) is 111 cm³/mol. The van der Waals surface area contributed by atoms with E-state index in [0.717, 1.165) is 49.2 Å². The number of likely N-dealkylation sites (tertiary alicyclic amines) is 1. The molecule has 0 spiro atoms. The van der Waals surface area contributed by atoms with Crippen molar-refractivity contribution in [2.24, 2.45) is 0 Å². The van der Waals surface area contributed by atoms with Crippen LogP contribution in [0.1, 0.15) is 41.6 Å². The van der Waals surface area contributed by atoms with Crippen LogP contribution in [0.25, 0.3) is 5.69 Å². The van der Waals surface area contributed by atoms with Gasteiger partial charge in [0.1, 0.15) is 18.4 Å². The van der Waals surface area contributed by atoms with Crippen LogP contribution in [-0.2, 0) is 6.42 Å². The van der Waals surface area contributed by atoms with Crippen molar-refractivity contribution in [2.45, 2.75) is 38.1 Å². The molecule has 1 amide bonds. The number of piperidine rings is 1. The summed E-state index contributed by atoms with van der Waals surface area (Å²) < 4.78 is 7.15. The summed E-state index contributed by atoms with van der Waals surface area (Å²) in [6.45, 7) is 0.828. The summed E-state index contributed by atoms with van der Waals surface area (Å²) >= 11 is 0. The molecule has 1 unspecified atom stereocenters. The lowest BCUT2D eigenvalue weighted by molar-refractivity contribution is 0.0602. The SMILES string of the molecule is COc1cccc(CCC2CCCCN2C(=O)c2ccc(-n3cnnc3)cc2)c1. The van der Waals surface area contributed by atoms with E-state index in [1.807, 2.05) is 41.0 Å². The number of aromatic nitrogens is 3. The zero-order valence-corrected chi connectivity index (χ0v) is 16.7. The third-order valence-electron chi connectivity index (χ3n) is 5.62. The minimum absolute atomic E-state index is 0.121. The van der Waals surface area contributed by atoms with E-state index in [9.17, 15) is 4.79 Å². The average molecular weight is 390 g/mol. The molecule has 0 aliphatic carbocycles. The van der Waals surface area contributed by atoms with E-state index < -0.39 is 0 Å². The van der Waals surface area contributed by atoms with Crippen LogP contribution in [0, 0.1) is 0 Å². The summed E-state index contributed by atoms with van der Waals surface area (Å²) in [6.07, 6.45) is 8.52. The second kappa shape index (κ2) is 8.90. The smallest absolute Gasteiger partial charge is 0.254 e. The normalized spacial score (nSPS) is 16.6. The molecule has 0 bridgehead atoms. The van der Waals surface area contributed by atoms with Crippen molar-refractivity contribution in [1.29, 1.82) is 0 Å². The summed E-state index contributed by atoms with van der Waals surface area (Å²) in [5.41, 5.74) is 2.93. The molecule has 6 heteroatoms. The van der Waals surface area contributed by atoms with Crippen LogP contribution in [0.2, 0.25) is 0 Å². The summed E-state index contributed by atoms with van der Waals surface area (Å²) in [5.74, 6) is 1.00. The van der Waals surface area contributed by atoms with Gasteiger partial charge in [0.25, 0.3) is 5.91 Å². The van der Waals surface area contributed by atoms with E-state index >= 15 is 0 Å². The summed E-state index contributed by atoms with van der Waals surface area (Å²) in [5, 5.41) is 7.65. The second-order valence-electron chi connectivity index (χ2n) is 7.45. The van der Waals surface area contributed by atoms with Crippen molar-refractivity contribution in [3.63, 3.8) is 0 Å². The van der Waals surface area contributed by atoms with Gasteiger partial charge in [0.15, 0.2) is 0 Å². The first-order valence-electron chi connectivity index (χ1n) is 10.1. The fraction of sp³-hybridized carbons (Fsp3) is 0.348. The molecule has 1 aliphatic heterocycles. The van der Waals surface area contributed by atoms with Gasteiger partial charge in [-0.05, 0) is 74.1 Å². The Morgan fingerprint density at radius 3 is 2.66 bits per heavy atom. The molecule has 4 rings (SSSR count). The summed E-state index contributed by atoms with van der Waals surface area (Å²) in [7, 11) is 1.69. The molecule has 6 nitrogen and oxygen atoms in total. The van der Waals surface area contributed by atoms with Crippen LogP contribution in [-0.4, -0.2) is 45.3 Å². The largest absolute Gasteiger partial charge is 0.497 e. The van der Waals surface area contributed by atoms with E-state index in [-0.39, 0.29) is 11.9 Å². The number of amides is 1. The highest BCUT2D eigenvalue weighted by Crippen LogP contribution is 2.24. The van der Waals surface area contributed by atoms with Crippen LogP contribution in [0.3, 0.4) is 0 Å². The zero-order valence-electron chi connectivity index (χ0n) is 16.7. The van der Waals surface area contributed by atoms with Gasteiger partial charge in [-0.3, -0.25) is 9.36 Å². The Morgan fingerprint density at radius 1 is 1.10 bits per heavy atom. The molecule has 0 saturated carbocycles. The van der Waals surface area contributed by atoms with Gasteiger partial charge in [-0.15, -0.1) is 10.2 Å². The van der Waals surface area contributed by atoms with Crippen molar-refractivity contribution in [1.82, 2.24) is 19.7 Å². The molecule has 1 saturated heterocycles. The topological polar surface area (TPSA) is 60.2 Å². The Morgan fingerprint density at radius 2 is 1.90 bits per heavy atom. The number of aryl methyl sites for hydroxylation is 1. The van der Waals surface area contributed by atoms with Gasteiger partial charge in [-0.25, -0.2) is 0 Å². The van der Waals surface area contributed by atoms with Crippen LogP contribution in [0.15, 0.2) is 61.2 Å². The highest BCUT2D eigenvalue weighted by Gasteiger charge is 2.27. The summed E-state index contributed by atoms with van der Waals surface area (Å²) in [6, 6.07) is 16.1. The number of benzene rings is 2. The number of nitrogens with zero attached hydrogens (tertiary/aromatic N) is 4. The van der Waals surface area contributed by atoms with Crippen LogP contribution in [0.4, 0.5) is 0 Å². The number of rotatable bonds is 6. The molecule has 150 valence electrons. The van der Waals surface area contributed by atoms with Crippen molar-refractivity contribution < 1.29 is 9.53 Å². The maximum absolute atomic E-state index is 13.2. The number of carbonyl (C=O) groups excluding carboxylic acids is 1. The quantitative estimate of drug-likeness (QED) is 0.640. The Kier molecular flexibility index (Phi) is 5.89. The lowest BCUT2D eigenvalue weighted by Gasteiger charge is -2.36. The second-order valence-corrected chi connectivity index (χ2v) is 7.45. The number of methoxy groups -OCH3 is 1. The third-order valence-corrected chi connectivity index (χ3v) is 5.62.